The Labute approximate surface area is 186 Å². The number of rotatable bonds is 4. The predicted octanol–water partition coefficient (Wildman–Crippen LogP) is 3.05. The van der Waals surface area contributed by atoms with Crippen molar-refractivity contribution in [3.8, 4) is 0 Å². The number of ether oxygens (including phenoxy) is 2. The van der Waals surface area contributed by atoms with Gasteiger partial charge in [0.15, 0.2) is 0 Å². The summed E-state index contributed by atoms with van der Waals surface area (Å²) in [5, 5.41) is 0. The van der Waals surface area contributed by atoms with E-state index in [9.17, 15) is 4.79 Å². The number of nitrogens with one attached hydrogen (secondary N) is 1. The van der Waals surface area contributed by atoms with Crippen LogP contribution in [0.2, 0.25) is 0 Å². The van der Waals surface area contributed by atoms with Crippen molar-refractivity contribution in [3.63, 3.8) is 0 Å². The van der Waals surface area contributed by atoms with Crippen molar-refractivity contribution in [3.05, 3.63) is 35.9 Å². The molecular weight excluding hydrogens is 386 g/mol. The van der Waals surface area contributed by atoms with Crippen LogP contribution >= 0.6 is 0 Å². The monoisotopic (exact) mass is 424 g/mol. The zero-order chi connectivity index (χ0) is 21.2. The summed E-state index contributed by atoms with van der Waals surface area (Å²) in [5.41, 5.74) is 1.67. The molecule has 3 saturated heterocycles. The van der Waals surface area contributed by atoms with Crippen LogP contribution in [0.3, 0.4) is 0 Å². The zero-order valence-electron chi connectivity index (χ0n) is 19.1. The second-order valence-corrected chi connectivity index (χ2v) is 11.6. The Morgan fingerprint density at radius 1 is 1.13 bits per heavy atom. The molecule has 0 radical (unpaired) electrons. The van der Waals surface area contributed by atoms with Crippen molar-refractivity contribution in [2.45, 2.75) is 76.6 Å². The minimum absolute atomic E-state index is 0.0245. The van der Waals surface area contributed by atoms with E-state index in [1.54, 1.807) is 4.90 Å². The molecular formula is C27H38NO3+. The number of fused-ring (bicyclic) bond motifs is 2. The highest BCUT2D eigenvalue weighted by atomic mass is 16.6. The number of epoxide rings is 1. The van der Waals surface area contributed by atoms with Gasteiger partial charge in [0.05, 0.1) is 25.7 Å². The van der Waals surface area contributed by atoms with Gasteiger partial charge in [0.25, 0.3) is 0 Å². The summed E-state index contributed by atoms with van der Waals surface area (Å²) in [4.78, 5) is 14.6. The Bertz CT molecular complexity index is 834. The molecule has 3 heterocycles. The van der Waals surface area contributed by atoms with E-state index in [0.29, 0.717) is 5.92 Å². The molecule has 2 aliphatic carbocycles. The standard InChI is InChI=1S/C27H37NO3/c1-18-7-6-12-26(2)16-22-23(24-27(18,26)31-24)21(25(29)30-22)17-28-13-10-20(11-14-28)15-19-8-4-3-5-9-19/h3-5,8-9,18,20-24H,6-7,10-17H2,1-2H3/p+1/t18-,21+,22+,23+,24-,26+,27-/m0/s1. The van der Waals surface area contributed by atoms with Crippen LogP contribution in [0.25, 0.3) is 0 Å². The quantitative estimate of drug-likeness (QED) is 0.597. The van der Waals surface area contributed by atoms with Gasteiger partial charge in [-0.1, -0.05) is 50.6 Å². The van der Waals surface area contributed by atoms with Crippen LogP contribution in [0.15, 0.2) is 30.3 Å². The third-order valence-corrected chi connectivity index (χ3v) is 9.88. The Morgan fingerprint density at radius 2 is 1.90 bits per heavy atom. The first-order chi connectivity index (χ1) is 15.0. The van der Waals surface area contributed by atoms with E-state index in [1.807, 2.05) is 0 Å². The van der Waals surface area contributed by atoms with Crippen LogP contribution in [0, 0.1) is 29.1 Å². The van der Waals surface area contributed by atoms with Gasteiger partial charge < -0.3 is 14.4 Å². The molecule has 3 aliphatic heterocycles. The number of hydrogen-bond acceptors (Lipinski definition) is 3. The number of likely N-dealkylation sites (tertiary alicyclic amines) is 1. The largest absolute Gasteiger partial charge is 0.462 e. The Hall–Kier alpha value is -1.39. The maximum absolute atomic E-state index is 13.0. The number of benzene rings is 1. The molecule has 0 amide bonds. The van der Waals surface area contributed by atoms with Crippen molar-refractivity contribution in [1.82, 2.24) is 0 Å². The summed E-state index contributed by atoms with van der Waals surface area (Å²) in [6.45, 7) is 8.10. The Morgan fingerprint density at radius 3 is 2.68 bits per heavy atom. The smallest absolute Gasteiger partial charge is 0.315 e. The number of piperidine rings is 1. The highest BCUT2D eigenvalue weighted by Gasteiger charge is 2.78. The van der Waals surface area contributed by atoms with Gasteiger partial charge in [-0.3, -0.25) is 4.79 Å². The lowest BCUT2D eigenvalue weighted by atomic mass is 9.53. The lowest BCUT2D eigenvalue weighted by Gasteiger charge is -2.48. The third kappa shape index (κ3) is 3.12. The first kappa shape index (κ1) is 20.2. The van der Waals surface area contributed by atoms with Gasteiger partial charge in [0.2, 0.25) is 0 Å². The van der Waals surface area contributed by atoms with Crippen LogP contribution in [0.4, 0.5) is 0 Å². The van der Waals surface area contributed by atoms with Gasteiger partial charge in [-0.15, -0.1) is 0 Å². The molecule has 4 nitrogen and oxygen atoms in total. The molecule has 2 saturated carbocycles. The van der Waals surface area contributed by atoms with Gasteiger partial charge in [-0.2, -0.15) is 0 Å². The summed E-state index contributed by atoms with van der Waals surface area (Å²) in [7, 11) is 0. The second-order valence-electron chi connectivity index (χ2n) is 11.6. The molecule has 1 N–H and O–H groups in total. The normalized spacial score (nSPS) is 48.3. The molecule has 1 spiro atoms. The molecule has 0 bridgehead atoms. The van der Waals surface area contributed by atoms with Crippen molar-refractivity contribution in [1.29, 1.82) is 0 Å². The van der Waals surface area contributed by atoms with E-state index in [2.05, 4.69) is 44.2 Å². The average Bonchev–Trinajstić information content (AvgIpc) is 3.45. The van der Waals surface area contributed by atoms with E-state index in [4.69, 9.17) is 9.47 Å². The molecule has 5 aliphatic rings. The van der Waals surface area contributed by atoms with Crippen molar-refractivity contribution in [2.75, 3.05) is 19.6 Å². The highest BCUT2D eigenvalue weighted by molar-refractivity contribution is 5.76. The molecule has 31 heavy (non-hydrogen) atoms. The van der Waals surface area contributed by atoms with E-state index in [0.717, 1.165) is 18.9 Å². The fraction of sp³-hybridized carbons (Fsp3) is 0.741. The molecule has 4 heteroatoms. The van der Waals surface area contributed by atoms with Crippen molar-refractivity contribution < 1.29 is 19.2 Å². The lowest BCUT2D eigenvalue weighted by Crippen LogP contribution is -3.14. The van der Waals surface area contributed by atoms with Crippen LogP contribution in [-0.4, -0.2) is 43.4 Å². The van der Waals surface area contributed by atoms with Gasteiger partial charge >= 0.3 is 5.97 Å². The molecule has 0 unspecified atom stereocenters. The number of quaternary nitrogens is 1. The maximum Gasteiger partial charge on any atom is 0.315 e. The molecule has 1 aromatic carbocycles. The fourth-order valence-electron chi connectivity index (χ4n) is 8.22. The van der Waals surface area contributed by atoms with E-state index in [-0.39, 0.29) is 41.0 Å². The zero-order valence-corrected chi connectivity index (χ0v) is 19.1. The maximum atomic E-state index is 13.0. The predicted molar refractivity (Wildman–Crippen MR) is 119 cm³/mol. The van der Waals surface area contributed by atoms with Gasteiger partial charge in [-0.05, 0) is 55.9 Å². The summed E-state index contributed by atoms with van der Waals surface area (Å²) in [6, 6.07) is 10.9. The molecule has 168 valence electrons. The third-order valence-electron chi connectivity index (χ3n) is 9.88. The van der Waals surface area contributed by atoms with Gasteiger partial charge in [0.1, 0.15) is 17.6 Å². The Balaban J connectivity index is 1.11. The Kier molecular flexibility index (Phi) is 4.77. The minimum Gasteiger partial charge on any atom is -0.462 e. The summed E-state index contributed by atoms with van der Waals surface area (Å²) in [6.07, 6.45) is 8.84. The van der Waals surface area contributed by atoms with Crippen LogP contribution in [0.5, 0.6) is 0 Å². The average molecular weight is 425 g/mol. The minimum atomic E-state index is 0.0245. The summed E-state index contributed by atoms with van der Waals surface area (Å²) in [5.74, 6) is 1.77. The van der Waals surface area contributed by atoms with E-state index >= 15 is 0 Å². The summed E-state index contributed by atoms with van der Waals surface area (Å²) >= 11 is 0. The summed E-state index contributed by atoms with van der Waals surface area (Å²) < 4.78 is 12.6. The van der Waals surface area contributed by atoms with E-state index in [1.165, 1.54) is 57.2 Å². The van der Waals surface area contributed by atoms with Crippen LogP contribution < -0.4 is 4.90 Å². The number of carbonyl (C=O) groups is 1. The molecule has 5 fully saturated rings. The SMILES string of the molecule is C[C@H]1CCC[C@]2(C)C[C@H]3OC(=O)[C@H](C[NH+]4CCC(Cc5ccccc5)CC4)[C@H]3[C@@H]3O[C@@]132. The van der Waals surface area contributed by atoms with Crippen molar-refractivity contribution >= 4 is 5.97 Å². The molecule has 1 aromatic rings. The highest BCUT2D eigenvalue weighted by Crippen LogP contribution is 2.70. The van der Waals surface area contributed by atoms with E-state index < -0.39 is 0 Å². The second kappa shape index (κ2) is 7.31. The van der Waals surface area contributed by atoms with Crippen molar-refractivity contribution in [2.24, 2.45) is 29.1 Å². The first-order valence-electron chi connectivity index (χ1n) is 12.8. The van der Waals surface area contributed by atoms with Gasteiger partial charge in [-0.25, -0.2) is 0 Å². The number of hydrogen-bond donors (Lipinski definition) is 1. The van der Waals surface area contributed by atoms with Crippen LogP contribution in [-0.2, 0) is 20.7 Å². The van der Waals surface area contributed by atoms with Crippen LogP contribution in [0.1, 0.15) is 57.9 Å². The number of carbonyl (C=O) groups excluding carboxylic acids is 1. The molecule has 7 atom stereocenters. The first-order valence-corrected chi connectivity index (χ1v) is 12.8. The van der Waals surface area contributed by atoms with Gasteiger partial charge in [0, 0.05) is 11.3 Å². The lowest BCUT2D eigenvalue weighted by molar-refractivity contribution is -0.908. The topological polar surface area (TPSA) is 43.3 Å². The fourth-order valence-corrected chi connectivity index (χ4v) is 8.22. The molecule has 6 rings (SSSR count). The molecule has 0 aromatic heterocycles. The number of esters is 1.